The summed E-state index contributed by atoms with van der Waals surface area (Å²) in [7, 11) is 1.91. The van der Waals surface area contributed by atoms with Gasteiger partial charge in [-0.15, -0.1) is 0 Å². The first-order valence-electron chi connectivity index (χ1n) is 6.67. The van der Waals surface area contributed by atoms with Gasteiger partial charge in [0, 0.05) is 29.9 Å². The minimum Gasteiger partial charge on any atom is -0.388 e. The number of nitrogens with zero attached hydrogens (tertiary/aromatic N) is 2. The molecule has 4 heteroatoms. The van der Waals surface area contributed by atoms with Crippen molar-refractivity contribution in [1.29, 1.82) is 0 Å². The molecule has 3 nitrogen and oxygen atoms in total. The molecule has 2 aromatic carbocycles. The fraction of sp³-hybridized carbons (Fsp3) is 0.188. The third kappa shape index (κ3) is 2.14. The maximum absolute atomic E-state index is 6.09. The number of hydrogen-bond donors (Lipinski definition) is 1. The van der Waals surface area contributed by atoms with Crippen LogP contribution in [0.2, 0.25) is 5.02 Å². The van der Waals surface area contributed by atoms with Crippen molar-refractivity contribution in [2.45, 2.75) is 13.5 Å². The van der Waals surface area contributed by atoms with E-state index >= 15 is 0 Å². The molecule has 0 bridgehead atoms. The van der Waals surface area contributed by atoms with Gasteiger partial charge in [-0.3, -0.25) is 0 Å². The van der Waals surface area contributed by atoms with Crippen molar-refractivity contribution < 1.29 is 0 Å². The second-order valence-corrected chi connectivity index (χ2v) is 5.08. The number of imidazole rings is 1. The third-order valence-corrected chi connectivity index (χ3v) is 3.69. The van der Waals surface area contributed by atoms with E-state index in [1.54, 1.807) is 0 Å². The van der Waals surface area contributed by atoms with E-state index in [-0.39, 0.29) is 0 Å². The van der Waals surface area contributed by atoms with Crippen LogP contribution < -0.4 is 5.32 Å². The summed E-state index contributed by atoms with van der Waals surface area (Å²) in [4.78, 5) is 4.73. The van der Waals surface area contributed by atoms with Crippen LogP contribution >= 0.6 is 11.6 Å². The van der Waals surface area contributed by atoms with Gasteiger partial charge in [-0.2, -0.15) is 0 Å². The summed E-state index contributed by atoms with van der Waals surface area (Å²) in [5.41, 5.74) is 4.26. The Morgan fingerprint density at radius 3 is 2.55 bits per heavy atom. The van der Waals surface area contributed by atoms with E-state index in [9.17, 15) is 0 Å². The molecule has 0 radical (unpaired) electrons. The lowest BCUT2D eigenvalue weighted by Crippen LogP contribution is -1.97. The van der Waals surface area contributed by atoms with Crippen molar-refractivity contribution >= 4 is 28.3 Å². The van der Waals surface area contributed by atoms with Crippen LogP contribution in [0, 0.1) is 0 Å². The maximum atomic E-state index is 6.09. The highest BCUT2D eigenvalue weighted by molar-refractivity contribution is 6.31. The molecule has 1 N–H and O–H groups in total. The zero-order valence-electron chi connectivity index (χ0n) is 11.5. The maximum Gasteiger partial charge on any atom is 0.141 e. The van der Waals surface area contributed by atoms with Crippen molar-refractivity contribution in [2.75, 3.05) is 12.4 Å². The van der Waals surface area contributed by atoms with Crippen LogP contribution in [-0.2, 0) is 6.54 Å². The SMILES string of the molecule is CCn1c(-c2ccc(NC)cc2)nc2ccc(Cl)cc21. The van der Waals surface area contributed by atoms with Crippen molar-refractivity contribution in [3.8, 4) is 11.4 Å². The predicted molar refractivity (Wildman–Crippen MR) is 85.4 cm³/mol. The van der Waals surface area contributed by atoms with Gasteiger partial charge in [0.05, 0.1) is 11.0 Å². The standard InChI is InChI=1S/C16H16ClN3/c1-3-20-15-10-12(17)6-9-14(15)19-16(20)11-4-7-13(18-2)8-5-11/h4-10,18H,3H2,1-2H3. The smallest absolute Gasteiger partial charge is 0.141 e. The number of hydrogen-bond acceptors (Lipinski definition) is 2. The molecule has 0 aliphatic carbocycles. The van der Waals surface area contributed by atoms with Gasteiger partial charge in [0.1, 0.15) is 5.82 Å². The molecule has 1 heterocycles. The predicted octanol–water partition coefficient (Wildman–Crippen LogP) is 4.42. The second-order valence-electron chi connectivity index (χ2n) is 4.64. The van der Waals surface area contributed by atoms with Gasteiger partial charge in [-0.25, -0.2) is 4.98 Å². The summed E-state index contributed by atoms with van der Waals surface area (Å²) in [5, 5.41) is 3.86. The minimum absolute atomic E-state index is 0.740. The van der Waals surface area contributed by atoms with Gasteiger partial charge >= 0.3 is 0 Å². The summed E-state index contributed by atoms with van der Waals surface area (Å²) in [6.45, 7) is 2.98. The molecule has 1 aromatic heterocycles. The first-order chi connectivity index (χ1) is 9.72. The Morgan fingerprint density at radius 1 is 1.15 bits per heavy atom. The van der Waals surface area contributed by atoms with E-state index in [1.807, 2.05) is 25.2 Å². The number of aromatic nitrogens is 2. The summed E-state index contributed by atoms with van der Waals surface area (Å²) in [6, 6.07) is 14.1. The summed E-state index contributed by atoms with van der Waals surface area (Å²) in [6.07, 6.45) is 0. The van der Waals surface area contributed by atoms with Crippen molar-refractivity contribution in [3.05, 3.63) is 47.5 Å². The van der Waals surface area contributed by atoms with Crippen LogP contribution in [0.15, 0.2) is 42.5 Å². The van der Waals surface area contributed by atoms with Gasteiger partial charge in [-0.05, 0) is 49.4 Å². The van der Waals surface area contributed by atoms with Gasteiger partial charge in [0.15, 0.2) is 0 Å². The van der Waals surface area contributed by atoms with Crippen molar-refractivity contribution in [2.24, 2.45) is 0 Å². The lowest BCUT2D eigenvalue weighted by molar-refractivity contribution is 0.796. The van der Waals surface area contributed by atoms with Crippen LogP contribution in [-0.4, -0.2) is 16.6 Å². The molecule has 0 unspecified atom stereocenters. The number of benzene rings is 2. The van der Waals surface area contributed by atoms with Crippen LogP contribution in [0.5, 0.6) is 0 Å². The number of halogens is 1. The normalized spacial score (nSPS) is 10.9. The Kier molecular flexibility index (Phi) is 3.36. The summed E-state index contributed by atoms with van der Waals surface area (Å²) >= 11 is 6.09. The molecule has 0 aliphatic rings. The molecule has 0 aliphatic heterocycles. The lowest BCUT2D eigenvalue weighted by Gasteiger charge is -2.07. The number of anilines is 1. The average Bonchev–Trinajstić information content (AvgIpc) is 2.85. The fourth-order valence-electron chi connectivity index (χ4n) is 2.42. The molecule has 0 fully saturated rings. The average molecular weight is 286 g/mol. The highest BCUT2D eigenvalue weighted by Crippen LogP contribution is 2.27. The van der Waals surface area contributed by atoms with Crippen molar-refractivity contribution in [3.63, 3.8) is 0 Å². The Morgan fingerprint density at radius 2 is 1.90 bits per heavy atom. The number of rotatable bonds is 3. The molecular formula is C16H16ClN3. The van der Waals surface area contributed by atoms with Crippen molar-refractivity contribution in [1.82, 2.24) is 9.55 Å². The van der Waals surface area contributed by atoms with E-state index in [0.29, 0.717) is 0 Å². The fourth-order valence-corrected chi connectivity index (χ4v) is 2.59. The van der Waals surface area contributed by atoms with Crippen LogP contribution in [0.3, 0.4) is 0 Å². The highest BCUT2D eigenvalue weighted by Gasteiger charge is 2.11. The molecule has 0 saturated carbocycles. The van der Waals surface area contributed by atoms with Crippen LogP contribution in [0.4, 0.5) is 5.69 Å². The zero-order chi connectivity index (χ0) is 14.1. The van der Waals surface area contributed by atoms with Gasteiger partial charge in [0.25, 0.3) is 0 Å². The van der Waals surface area contributed by atoms with E-state index < -0.39 is 0 Å². The third-order valence-electron chi connectivity index (χ3n) is 3.46. The molecule has 3 aromatic rings. The second kappa shape index (κ2) is 5.17. The molecular weight excluding hydrogens is 270 g/mol. The molecule has 0 saturated heterocycles. The Hall–Kier alpha value is -2.00. The topological polar surface area (TPSA) is 29.9 Å². The molecule has 0 atom stereocenters. The van der Waals surface area contributed by atoms with E-state index in [1.165, 1.54) is 0 Å². The van der Waals surface area contributed by atoms with Gasteiger partial charge < -0.3 is 9.88 Å². The molecule has 102 valence electrons. The molecule has 0 spiro atoms. The monoisotopic (exact) mass is 285 g/mol. The molecule has 3 rings (SSSR count). The zero-order valence-corrected chi connectivity index (χ0v) is 12.3. The van der Waals surface area contributed by atoms with E-state index in [2.05, 4.69) is 41.1 Å². The minimum atomic E-state index is 0.740. The van der Waals surface area contributed by atoms with Crippen LogP contribution in [0.1, 0.15) is 6.92 Å². The Balaban J connectivity index is 2.19. The van der Waals surface area contributed by atoms with E-state index in [0.717, 1.165) is 39.7 Å². The van der Waals surface area contributed by atoms with Crippen LogP contribution in [0.25, 0.3) is 22.4 Å². The van der Waals surface area contributed by atoms with Gasteiger partial charge in [-0.1, -0.05) is 11.6 Å². The highest BCUT2D eigenvalue weighted by atomic mass is 35.5. The van der Waals surface area contributed by atoms with Gasteiger partial charge in [0.2, 0.25) is 0 Å². The quantitative estimate of drug-likeness (QED) is 0.772. The Labute approximate surface area is 123 Å². The summed E-state index contributed by atoms with van der Waals surface area (Å²) in [5.74, 6) is 0.979. The number of aryl methyl sites for hydroxylation is 1. The molecule has 20 heavy (non-hydrogen) atoms. The van der Waals surface area contributed by atoms with E-state index in [4.69, 9.17) is 16.6 Å². The number of nitrogens with one attached hydrogen (secondary N) is 1. The molecule has 0 amide bonds. The summed E-state index contributed by atoms with van der Waals surface area (Å²) < 4.78 is 2.19. The lowest BCUT2D eigenvalue weighted by atomic mass is 10.2. The first-order valence-corrected chi connectivity index (χ1v) is 7.04. The first kappa shape index (κ1) is 13.0. The number of fused-ring (bicyclic) bond motifs is 1. The Bertz CT molecular complexity index is 744. The largest absolute Gasteiger partial charge is 0.388 e.